The molecule has 0 aliphatic carbocycles. The zero-order valence-electron chi connectivity index (χ0n) is 19.4. The van der Waals surface area contributed by atoms with Crippen molar-refractivity contribution in [1.82, 2.24) is 0 Å². The molecule has 2 aliphatic rings. The Morgan fingerprint density at radius 1 is 0.686 bits per heavy atom. The fraction of sp³-hybridized carbons (Fsp3) is 0.200. The minimum absolute atomic E-state index is 0.271. The summed E-state index contributed by atoms with van der Waals surface area (Å²) >= 11 is 0. The van der Waals surface area contributed by atoms with Crippen LogP contribution in [-0.4, -0.2) is 38.1 Å². The van der Waals surface area contributed by atoms with Crippen molar-refractivity contribution in [2.75, 3.05) is 36.1 Å². The largest absolute Gasteiger partial charge is 0.378 e. The molecule has 2 aliphatic heterocycles. The number of morpholine rings is 1. The van der Waals surface area contributed by atoms with Gasteiger partial charge in [-0.15, -0.1) is 0 Å². The Labute approximate surface area is 204 Å². The SMILES string of the molecule is O=C1c2cccc3c(N4CCOCC4)ccc(c23)C(=O)N1c1cccc(CCc2ccccc2)c1. The maximum atomic E-state index is 13.7. The van der Waals surface area contributed by atoms with E-state index in [2.05, 4.69) is 23.1 Å². The molecule has 0 bridgehead atoms. The number of carbonyl (C=O) groups excluding carboxylic acids is 2. The van der Waals surface area contributed by atoms with Crippen LogP contribution in [0.25, 0.3) is 10.8 Å². The average molecular weight is 463 g/mol. The summed E-state index contributed by atoms with van der Waals surface area (Å²) in [4.78, 5) is 30.9. The van der Waals surface area contributed by atoms with Gasteiger partial charge in [-0.3, -0.25) is 9.59 Å². The minimum Gasteiger partial charge on any atom is -0.378 e. The maximum Gasteiger partial charge on any atom is 0.265 e. The summed E-state index contributed by atoms with van der Waals surface area (Å²) < 4.78 is 5.51. The van der Waals surface area contributed by atoms with Gasteiger partial charge in [0.15, 0.2) is 0 Å². The van der Waals surface area contributed by atoms with Crippen LogP contribution in [0.3, 0.4) is 0 Å². The number of ether oxygens (including phenoxy) is 1. The maximum absolute atomic E-state index is 13.7. The van der Waals surface area contributed by atoms with E-state index in [1.54, 1.807) is 0 Å². The second-order valence-corrected chi connectivity index (χ2v) is 9.06. The highest BCUT2D eigenvalue weighted by Crippen LogP contribution is 2.37. The van der Waals surface area contributed by atoms with Crippen molar-refractivity contribution in [1.29, 1.82) is 0 Å². The number of imide groups is 1. The topological polar surface area (TPSA) is 49.9 Å². The number of anilines is 2. The molecule has 0 radical (unpaired) electrons. The van der Waals surface area contributed by atoms with Gasteiger partial charge in [0.25, 0.3) is 11.8 Å². The van der Waals surface area contributed by atoms with E-state index in [4.69, 9.17) is 4.74 Å². The van der Waals surface area contributed by atoms with Crippen LogP contribution >= 0.6 is 0 Å². The standard InChI is InChI=1S/C30H26N2O3/c33-29-25-11-5-10-24-27(31-16-18-35-19-17-31)15-14-26(28(24)25)30(34)32(29)23-9-4-8-22(20-23)13-12-21-6-2-1-3-7-21/h1-11,14-15,20H,12-13,16-19H2. The number of carbonyl (C=O) groups is 2. The molecule has 2 heterocycles. The molecule has 0 saturated carbocycles. The molecule has 6 rings (SSSR count). The smallest absolute Gasteiger partial charge is 0.265 e. The average Bonchev–Trinajstić information content (AvgIpc) is 2.92. The second-order valence-electron chi connectivity index (χ2n) is 9.06. The van der Waals surface area contributed by atoms with Gasteiger partial charge >= 0.3 is 0 Å². The first-order valence-electron chi connectivity index (χ1n) is 12.1. The van der Waals surface area contributed by atoms with Crippen molar-refractivity contribution in [3.63, 3.8) is 0 Å². The number of hydrogen-bond acceptors (Lipinski definition) is 4. The van der Waals surface area contributed by atoms with Gasteiger partial charge < -0.3 is 9.64 Å². The number of hydrogen-bond donors (Lipinski definition) is 0. The predicted molar refractivity (Wildman–Crippen MR) is 138 cm³/mol. The van der Waals surface area contributed by atoms with Gasteiger partial charge in [0.2, 0.25) is 0 Å². The van der Waals surface area contributed by atoms with Crippen molar-refractivity contribution in [2.24, 2.45) is 0 Å². The zero-order valence-corrected chi connectivity index (χ0v) is 19.4. The van der Waals surface area contributed by atoms with Crippen molar-refractivity contribution >= 4 is 34.0 Å². The number of amides is 2. The van der Waals surface area contributed by atoms with E-state index in [0.29, 0.717) is 30.0 Å². The van der Waals surface area contributed by atoms with E-state index in [1.165, 1.54) is 10.5 Å². The molecule has 0 atom stereocenters. The molecule has 5 heteroatoms. The zero-order chi connectivity index (χ0) is 23.8. The Hall–Kier alpha value is -3.96. The van der Waals surface area contributed by atoms with Gasteiger partial charge in [0.05, 0.1) is 18.9 Å². The number of aryl methyl sites for hydroxylation is 2. The van der Waals surface area contributed by atoms with Gasteiger partial charge in [0, 0.05) is 40.7 Å². The lowest BCUT2D eigenvalue weighted by Crippen LogP contribution is -2.41. The number of benzene rings is 4. The summed E-state index contributed by atoms with van der Waals surface area (Å²) in [6.07, 6.45) is 1.74. The van der Waals surface area contributed by atoms with Crippen LogP contribution in [0.4, 0.5) is 11.4 Å². The summed E-state index contributed by atoms with van der Waals surface area (Å²) in [5, 5.41) is 1.70. The Bertz CT molecular complexity index is 1400. The Kier molecular flexibility index (Phi) is 5.55. The fourth-order valence-electron chi connectivity index (χ4n) is 5.18. The molecule has 1 saturated heterocycles. The molecule has 0 unspecified atom stereocenters. The molecule has 0 N–H and O–H groups in total. The Morgan fingerprint density at radius 2 is 1.37 bits per heavy atom. The number of rotatable bonds is 5. The highest BCUT2D eigenvalue weighted by Gasteiger charge is 2.35. The van der Waals surface area contributed by atoms with E-state index in [1.807, 2.05) is 66.7 Å². The predicted octanol–water partition coefficient (Wildman–Crippen LogP) is 5.26. The highest BCUT2D eigenvalue weighted by molar-refractivity contribution is 6.36. The molecule has 2 amide bonds. The first-order chi connectivity index (χ1) is 17.2. The molecular formula is C30H26N2O3. The van der Waals surface area contributed by atoms with Crippen LogP contribution in [0.1, 0.15) is 31.8 Å². The Balaban J connectivity index is 1.35. The quantitative estimate of drug-likeness (QED) is 0.380. The third-order valence-corrected chi connectivity index (χ3v) is 6.95. The Morgan fingerprint density at radius 3 is 2.17 bits per heavy atom. The van der Waals surface area contributed by atoms with Crippen LogP contribution in [0.5, 0.6) is 0 Å². The van der Waals surface area contributed by atoms with Crippen LogP contribution < -0.4 is 9.80 Å². The van der Waals surface area contributed by atoms with Gasteiger partial charge in [-0.25, -0.2) is 4.90 Å². The lowest BCUT2D eigenvalue weighted by atomic mass is 9.92. The van der Waals surface area contributed by atoms with Crippen molar-refractivity contribution in [3.05, 3.63) is 107 Å². The van der Waals surface area contributed by atoms with Crippen LogP contribution in [-0.2, 0) is 17.6 Å². The second kappa shape index (κ2) is 9.01. The molecule has 4 aromatic rings. The highest BCUT2D eigenvalue weighted by atomic mass is 16.5. The summed E-state index contributed by atoms with van der Waals surface area (Å²) in [6.45, 7) is 2.94. The van der Waals surface area contributed by atoms with E-state index >= 15 is 0 Å². The first kappa shape index (κ1) is 21.6. The molecule has 1 fully saturated rings. The third kappa shape index (κ3) is 3.88. The van der Waals surface area contributed by atoms with Gasteiger partial charge in [-0.05, 0) is 54.3 Å². The van der Waals surface area contributed by atoms with Crippen LogP contribution in [0.15, 0.2) is 84.9 Å². The molecule has 174 valence electrons. The molecular weight excluding hydrogens is 436 g/mol. The van der Waals surface area contributed by atoms with Crippen molar-refractivity contribution < 1.29 is 14.3 Å². The summed E-state index contributed by atoms with van der Waals surface area (Å²) in [5.41, 5.74) is 5.17. The van der Waals surface area contributed by atoms with E-state index in [0.717, 1.165) is 48.0 Å². The lowest BCUT2D eigenvalue weighted by molar-refractivity contribution is 0.0893. The fourth-order valence-corrected chi connectivity index (χ4v) is 5.18. The molecule has 5 nitrogen and oxygen atoms in total. The summed E-state index contributed by atoms with van der Waals surface area (Å²) in [7, 11) is 0. The van der Waals surface area contributed by atoms with Crippen molar-refractivity contribution in [2.45, 2.75) is 12.8 Å². The minimum atomic E-state index is -0.271. The van der Waals surface area contributed by atoms with Crippen molar-refractivity contribution in [3.8, 4) is 0 Å². The lowest BCUT2D eigenvalue weighted by Gasteiger charge is -2.32. The van der Waals surface area contributed by atoms with Gasteiger partial charge in [-0.1, -0.05) is 54.6 Å². The first-order valence-corrected chi connectivity index (χ1v) is 12.1. The van der Waals surface area contributed by atoms with Gasteiger partial charge in [0.1, 0.15) is 0 Å². The van der Waals surface area contributed by atoms with E-state index in [9.17, 15) is 9.59 Å². The van der Waals surface area contributed by atoms with Crippen LogP contribution in [0.2, 0.25) is 0 Å². The van der Waals surface area contributed by atoms with E-state index in [-0.39, 0.29) is 11.8 Å². The molecule has 0 spiro atoms. The summed E-state index contributed by atoms with van der Waals surface area (Å²) in [5.74, 6) is -0.542. The molecule has 4 aromatic carbocycles. The molecule has 35 heavy (non-hydrogen) atoms. The van der Waals surface area contributed by atoms with Gasteiger partial charge in [-0.2, -0.15) is 0 Å². The monoisotopic (exact) mass is 462 g/mol. The molecule has 0 aromatic heterocycles. The van der Waals surface area contributed by atoms with Crippen LogP contribution in [0, 0.1) is 0 Å². The number of nitrogens with zero attached hydrogens (tertiary/aromatic N) is 2. The normalized spacial score (nSPS) is 15.7. The summed E-state index contributed by atoms with van der Waals surface area (Å²) in [6, 6.07) is 27.7. The van der Waals surface area contributed by atoms with E-state index < -0.39 is 0 Å². The third-order valence-electron chi connectivity index (χ3n) is 6.95.